The highest BCUT2D eigenvalue weighted by atomic mass is 32.2. The van der Waals surface area contributed by atoms with Gasteiger partial charge in [0.15, 0.2) is 0 Å². The first-order valence-electron chi connectivity index (χ1n) is 8.53. The van der Waals surface area contributed by atoms with Gasteiger partial charge in [0.25, 0.3) is 0 Å². The van der Waals surface area contributed by atoms with Gasteiger partial charge < -0.3 is 10.1 Å². The zero-order chi connectivity index (χ0) is 19.0. The molecule has 26 heavy (non-hydrogen) atoms. The van der Waals surface area contributed by atoms with E-state index in [2.05, 4.69) is 10.0 Å². The summed E-state index contributed by atoms with van der Waals surface area (Å²) in [5, 5.41) is 2.68. The molecule has 0 aliphatic rings. The Bertz CT molecular complexity index is 805. The van der Waals surface area contributed by atoms with Crippen molar-refractivity contribution in [3.63, 3.8) is 0 Å². The monoisotopic (exact) mass is 376 g/mol. The van der Waals surface area contributed by atoms with Crippen molar-refractivity contribution in [2.45, 2.75) is 31.2 Å². The summed E-state index contributed by atoms with van der Waals surface area (Å²) in [6, 6.07) is 14.5. The number of carbonyl (C=O) groups excluding carboxylic acids is 1. The van der Waals surface area contributed by atoms with Crippen molar-refractivity contribution < 1.29 is 17.9 Å². The molecule has 0 saturated heterocycles. The predicted molar refractivity (Wildman–Crippen MR) is 101 cm³/mol. The molecular formula is C19H24N2O4S. The fraction of sp³-hybridized carbons (Fsp3) is 0.316. The maximum absolute atomic E-state index is 12.7. The van der Waals surface area contributed by atoms with Crippen molar-refractivity contribution in [3.8, 4) is 5.75 Å². The van der Waals surface area contributed by atoms with Crippen LogP contribution in [-0.2, 0) is 21.2 Å². The molecule has 1 atom stereocenters. The molecule has 0 unspecified atom stereocenters. The van der Waals surface area contributed by atoms with Gasteiger partial charge in [-0.1, -0.05) is 30.3 Å². The first-order valence-corrected chi connectivity index (χ1v) is 10.0. The summed E-state index contributed by atoms with van der Waals surface area (Å²) >= 11 is 0. The van der Waals surface area contributed by atoms with Crippen LogP contribution in [0.4, 0.5) is 0 Å². The molecule has 0 spiro atoms. The third kappa shape index (κ3) is 5.57. The number of nitrogens with one attached hydrogen (secondary N) is 2. The van der Waals surface area contributed by atoms with Crippen LogP contribution in [0.2, 0.25) is 0 Å². The smallest absolute Gasteiger partial charge is 0.241 e. The van der Waals surface area contributed by atoms with E-state index in [0.29, 0.717) is 18.9 Å². The molecule has 0 fully saturated rings. The number of hydrogen-bond acceptors (Lipinski definition) is 4. The van der Waals surface area contributed by atoms with E-state index in [-0.39, 0.29) is 17.2 Å². The van der Waals surface area contributed by atoms with Crippen molar-refractivity contribution in [3.05, 3.63) is 60.2 Å². The molecule has 7 heteroatoms. The number of sulfonamides is 1. The molecule has 2 N–H and O–H groups in total. The SMILES string of the molecule is CCNC(=O)[C@H](Cc1ccccc1)NS(=O)(=O)c1ccc(OCC)cc1. The van der Waals surface area contributed by atoms with Gasteiger partial charge in [0.2, 0.25) is 15.9 Å². The maximum atomic E-state index is 12.7. The Kier molecular flexibility index (Phi) is 7.17. The van der Waals surface area contributed by atoms with Gasteiger partial charge in [0, 0.05) is 6.54 Å². The summed E-state index contributed by atoms with van der Waals surface area (Å²) in [5.41, 5.74) is 0.873. The standard InChI is InChI=1S/C19H24N2O4S/c1-3-20-19(22)18(14-15-8-6-5-7-9-15)21-26(23,24)17-12-10-16(11-13-17)25-4-2/h5-13,18,21H,3-4,14H2,1-2H3,(H,20,22)/t18-/m0/s1. The van der Waals surface area contributed by atoms with Gasteiger partial charge >= 0.3 is 0 Å². The molecule has 2 aromatic rings. The number of carbonyl (C=O) groups is 1. The summed E-state index contributed by atoms with van der Waals surface area (Å²) in [6.07, 6.45) is 0.267. The number of rotatable bonds is 9. The van der Waals surface area contributed by atoms with Crippen LogP contribution in [-0.4, -0.2) is 33.5 Å². The normalized spacial score (nSPS) is 12.4. The van der Waals surface area contributed by atoms with E-state index in [1.807, 2.05) is 37.3 Å². The Labute approximate surface area is 154 Å². The van der Waals surface area contributed by atoms with Gasteiger partial charge in [-0.15, -0.1) is 0 Å². The highest BCUT2D eigenvalue weighted by Gasteiger charge is 2.25. The minimum atomic E-state index is -3.84. The summed E-state index contributed by atoms with van der Waals surface area (Å²) in [4.78, 5) is 12.4. The molecule has 0 heterocycles. The van der Waals surface area contributed by atoms with Crippen molar-refractivity contribution in [2.24, 2.45) is 0 Å². The Morgan fingerprint density at radius 1 is 1.04 bits per heavy atom. The molecule has 2 aromatic carbocycles. The lowest BCUT2D eigenvalue weighted by atomic mass is 10.1. The number of hydrogen-bond donors (Lipinski definition) is 2. The summed E-state index contributed by atoms with van der Waals surface area (Å²) < 4.78 is 33.2. The molecule has 1 amide bonds. The lowest BCUT2D eigenvalue weighted by Crippen LogP contribution is -2.47. The average molecular weight is 376 g/mol. The van der Waals surface area contributed by atoms with Crippen molar-refractivity contribution >= 4 is 15.9 Å². The minimum absolute atomic E-state index is 0.0864. The molecule has 6 nitrogen and oxygen atoms in total. The minimum Gasteiger partial charge on any atom is -0.494 e. The van der Waals surface area contributed by atoms with Gasteiger partial charge in [-0.05, 0) is 50.1 Å². The second-order valence-corrected chi connectivity index (χ2v) is 7.38. The number of likely N-dealkylation sites (N-methyl/N-ethyl adjacent to an activating group) is 1. The van der Waals surface area contributed by atoms with Crippen LogP contribution in [0.15, 0.2) is 59.5 Å². The van der Waals surface area contributed by atoms with Crippen molar-refractivity contribution in [1.82, 2.24) is 10.0 Å². The quantitative estimate of drug-likeness (QED) is 0.702. The van der Waals surface area contributed by atoms with E-state index in [1.165, 1.54) is 12.1 Å². The molecule has 2 rings (SSSR count). The van der Waals surface area contributed by atoms with Crippen LogP contribution < -0.4 is 14.8 Å². The van der Waals surface area contributed by atoms with Gasteiger partial charge in [-0.3, -0.25) is 4.79 Å². The zero-order valence-corrected chi connectivity index (χ0v) is 15.8. The first-order chi connectivity index (χ1) is 12.5. The van der Waals surface area contributed by atoms with Crippen LogP contribution in [0, 0.1) is 0 Å². The van der Waals surface area contributed by atoms with Crippen molar-refractivity contribution in [2.75, 3.05) is 13.2 Å². The molecule has 140 valence electrons. The van der Waals surface area contributed by atoms with Gasteiger partial charge in [0.1, 0.15) is 11.8 Å². The average Bonchev–Trinajstić information content (AvgIpc) is 2.63. The molecule has 0 bridgehead atoms. The van der Waals surface area contributed by atoms with Gasteiger partial charge in [-0.2, -0.15) is 4.72 Å². The molecule has 0 aliphatic carbocycles. The van der Waals surface area contributed by atoms with Crippen LogP contribution >= 0.6 is 0 Å². The molecule has 0 radical (unpaired) electrons. The highest BCUT2D eigenvalue weighted by molar-refractivity contribution is 7.89. The number of ether oxygens (including phenoxy) is 1. The predicted octanol–water partition coefficient (Wildman–Crippen LogP) is 2.11. The Hall–Kier alpha value is -2.38. The number of benzene rings is 2. The van der Waals surface area contributed by atoms with E-state index in [1.54, 1.807) is 19.1 Å². The zero-order valence-electron chi connectivity index (χ0n) is 14.9. The topological polar surface area (TPSA) is 84.5 Å². The van der Waals surface area contributed by atoms with E-state index in [4.69, 9.17) is 4.74 Å². The Morgan fingerprint density at radius 3 is 2.27 bits per heavy atom. The third-order valence-corrected chi connectivity index (χ3v) is 5.18. The fourth-order valence-electron chi connectivity index (χ4n) is 2.47. The van der Waals surface area contributed by atoms with E-state index >= 15 is 0 Å². The number of amides is 1. The van der Waals surface area contributed by atoms with E-state index in [9.17, 15) is 13.2 Å². The molecule has 0 aromatic heterocycles. The van der Waals surface area contributed by atoms with Gasteiger partial charge in [0.05, 0.1) is 11.5 Å². The lowest BCUT2D eigenvalue weighted by Gasteiger charge is -2.18. The first kappa shape index (κ1) is 19.9. The Morgan fingerprint density at radius 2 is 1.69 bits per heavy atom. The molecule has 0 saturated carbocycles. The van der Waals surface area contributed by atoms with Crippen LogP contribution in [0.5, 0.6) is 5.75 Å². The van der Waals surface area contributed by atoms with Crippen LogP contribution in [0.1, 0.15) is 19.4 Å². The van der Waals surface area contributed by atoms with Crippen molar-refractivity contribution in [1.29, 1.82) is 0 Å². The van der Waals surface area contributed by atoms with Gasteiger partial charge in [-0.25, -0.2) is 8.42 Å². The fourth-order valence-corrected chi connectivity index (χ4v) is 3.67. The Balaban J connectivity index is 2.20. The molecule has 0 aliphatic heterocycles. The van der Waals surface area contributed by atoms with Crippen LogP contribution in [0.3, 0.4) is 0 Å². The van der Waals surface area contributed by atoms with E-state index in [0.717, 1.165) is 5.56 Å². The third-order valence-electron chi connectivity index (χ3n) is 3.69. The van der Waals surface area contributed by atoms with E-state index < -0.39 is 16.1 Å². The maximum Gasteiger partial charge on any atom is 0.241 e. The summed E-state index contributed by atoms with van der Waals surface area (Å²) in [7, 11) is -3.84. The largest absolute Gasteiger partial charge is 0.494 e. The molecular weight excluding hydrogens is 352 g/mol. The summed E-state index contributed by atoms with van der Waals surface area (Å²) in [6.45, 7) is 4.57. The second kappa shape index (κ2) is 9.35. The second-order valence-electron chi connectivity index (χ2n) is 5.66. The highest BCUT2D eigenvalue weighted by Crippen LogP contribution is 2.17. The summed E-state index contributed by atoms with van der Waals surface area (Å²) in [5.74, 6) is 0.238. The lowest BCUT2D eigenvalue weighted by molar-refractivity contribution is -0.122. The van der Waals surface area contributed by atoms with Crippen LogP contribution in [0.25, 0.3) is 0 Å².